The smallest absolute Gasteiger partial charge is 0.300 e. The first-order valence-electron chi connectivity index (χ1n) is 9.19. The van der Waals surface area contributed by atoms with E-state index in [1.807, 2.05) is 12.1 Å². The Morgan fingerprint density at radius 2 is 1.93 bits per heavy atom. The second kappa shape index (κ2) is 7.63. The van der Waals surface area contributed by atoms with Crippen molar-refractivity contribution in [2.24, 2.45) is 5.73 Å². The van der Waals surface area contributed by atoms with Gasteiger partial charge in [0.15, 0.2) is 5.58 Å². The number of hydrogen-bond donors (Lipinski definition) is 2. The number of aromatic nitrogens is 2. The summed E-state index contributed by atoms with van der Waals surface area (Å²) in [6.45, 7) is 4.30. The molecule has 0 aliphatic rings. The van der Waals surface area contributed by atoms with Crippen molar-refractivity contribution < 1.29 is 13.9 Å². The molecule has 0 saturated heterocycles. The zero-order valence-electron chi connectivity index (χ0n) is 16.0. The Morgan fingerprint density at radius 3 is 2.72 bits per heavy atom. The molecule has 0 radical (unpaired) electrons. The highest BCUT2D eigenvalue weighted by atomic mass is 16.5. The highest BCUT2D eigenvalue weighted by Gasteiger charge is 2.10. The first kappa shape index (κ1) is 18.5. The third-order valence-corrected chi connectivity index (χ3v) is 4.38. The molecule has 0 unspecified atom stereocenters. The van der Waals surface area contributed by atoms with Crippen LogP contribution in [-0.4, -0.2) is 15.9 Å². The molecule has 2 aromatic carbocycles. The van der Waals surface area contributed by atoms with Gasteiger partial charge in [-0.05, 0) is 41.8 Å². The van der Waals surface area contributed by atoms with Crippen LogP contribution in [-0.2, 0) is 0 Å². The number of amides is 1. The molecule has 3 N–H and O–H groups in total. The fourth-order valence-corrected chi connectivity index (χ4v) is 2.87. The number of carbonyl (C=O) groups is 1. The van der Waals surface area contributed by atoms with E-state index < -0.39 is 5.91 Å². The van der Waals surface area contributed by atoms with Gasteiger partial charge >= 0.3 is 0 Å². The molecule has 0 aliphatic carbocycles. The fourth-order valence-electron chi connectivity index (χ4n) is 2.87. The molecule has 1 amide bonds. The summed E-state index contributed by atoms with van der Waals surface area (Å²) in [6, 6.07) is 17.0. The van der Waals surface area contributed by atoms with Crippen LogP contribution < -0.4 is 15.8 Å². The van der Waals surface area contributed by atoms with E-state index in [-0.39, 0.29) is 5.69 Å². The third-order valence-electron chi connectivity index (χ3n) is 4.38. The number of anilines is 2. The average molecular weight is 388 g/mol. The van der Waals surface area contributed by atoms with E-state index in [1.165, 1.54) is 17.8 Å². The molecular weight excluding hydrogens is 368 g/mol. The third kappa shape index (κ3) is 4.19. The van der Waals surface area contributed by atoms with Crippen LogP contribution in [0.3, 0.4) is 0 Å². The molecule has 7 nitrogen and oxygen atoms in total. The van der Waals surface area contributed by atoms with Gasteiger partial charge in [-0.1, -0.05) is 26.0 Å². The summed E-state index contributed by atoms with van der Waals surface area (Å²) >= 11 is 0. The van der Waals surface area contributed by atoms with Gasteiger partial charge in [-0.25, -0.2) is 0 Å². The monoisotopic (exact) mass is 388 g/mol. The first-order valence-corrected chi connectivity index (χ1v) is 9.19. The number of nitrogens with two attached hydrogens (primary N) is 1. The number of pyridine rings is 1. The number of ether oxygens (including phenoxy) is 1. The van der Waals surface area contributed by atoms with Crippen LogP contribution in [0.5, 0.6) is 11.5 Å². The molecule has 146 valence electrons. The van der Waals surface area contributed by atoms with Crippen molar-refractivity contribution in [3.63, 3.8) is 0 Å². The summed E-state index contributed by atoms with van der Waals surface area (Å²) in [5.41, 5.74) is 8.82. The molecule has 0 spiro atoms. The molecule has 4 aromatic rings. The number of fused-ring (bicyclic) bond motifs is 1. The van der Waals surface area contributed by atoms with Crippen molar-refractivity contribution >= 4 is 28.7 Å². The summed E-state index contributed by atoms with van der Waals surface area (Å²) in [6.07, 6.45) is 1.47. The minimum absolute atomic E-state index is 0.139. The first-order chi connectivity index (χ1) is 14.0. The van der Waals surface area contributed by atoms with Crippen LogP contribution in [0.25, 0.3) is 11.1 Å². The lowest BCUT2D eigenvalue weighted by atomic mass is 10.0. The Labute approximate surface area is 167 Å². The van der Waals surface area contributed by atoms with E-state index in [0.717, 1.165) is 5.69 Å². The highest BCUT2D eigenvalue weighted by molar-refractivity contribution is 5.91. The number of oxazole rings is 1. The maximum absolute atomic E-state index is 11.3. The fraction of sp³-hybridized carbons (Fsp3) is 0.136. The van der Waals surface area contributed by atoms with Crippen LogP contribution >= 0.6 is 0 Å². The lowest BCUT2D eigenvalue weighted by molar-refractivity contribution is 0.0995. The Morgan fingerprint density at radius 1 is 1.10 bits per heavy atom. The van der Waals surface area contributed by atoms with Gasteiger partial charge in [-0.2, -0.15) is 4.98 Å². The number of hydrogen-bond acceptors (Lipinski definition) is 6. The topological polar surface area (TPSA) is 103 Å². The summed E-state index contributed by atoms with van der Waals surface area (Å²) in [5, 5.41) is 3.20. The van der Waals surface area contributed by atoms with E-state index in [4.69, 9.17) is 14.9 Å². The Kier molecular flexibility index (Phi) is 4.87. The number of nitrogens with zero attached hydrogens (tertiary/aromatic N) is 2. The van der Waals surface area contributed by atoms with E-state index in [1.54, 1.807) is 24.3 Å². The predicted octanol–water partition coefficient (Wildman–Crippen LogP) is 4.98. The average Bonchev–Trinajstić information content (AvgIpc) is 3.09. The van der Waals surface area contributed by atoms with Gasteiger partial charge < -0.3 is 20.2 Å². The van der Waals surface area contributed by atoms with Crippen molar-refractivity contribution in [1.82, 2.24) is 9.97 Å². The maximum Gasteiger partial charge on any atom is 0.300 e. The van der Waals surface area contributed by atoms with Crippen LogP contribution in [0.4, 0.5) is 11.7 Å². The van der Waals surface area contributed by atoms with Gasteiger partial charge in [0.05, 0.1) is 0 Å². The molecule has 7 heteroatoms. The van der Waals surface area contributed by atoms with E-state index in [2.05, 4.69) is 41.3 Å². The molecule has 0 bridgehead atoms. The number of primary amides is 1. The van der Waals surface area contributed by atoms with E-state index in [9.17, 15) is 4.79 Å². The van der Waals surface area contributed by atoms with E-state index >= 15 is 0 Å². The lowest BCUT2D eigenvalue weighted by Gasteiger charge is -2.07. The molecule has 29 heavy (non-hydrogen) atoms. The molecule has 4 rings (SSSR count). The molecular formula is C22H20N4O3. The molecule has 0 aliphatic heterocycles. The minimum Gasteiger partial charge on any atom is -0.457 e. The highest BCUT2D eigenvalue weighted by Crippen LogP contribution is 2.29. The quantitative estimate of drug-likeness (QED) is 0.483. The Bertz CT molecular complexity index is 1180. The van der Waals surface area contributed by atoms with Gasteiger partial charge in [-0.3, -0.25) is 9.78 Å². The van der Waals surface area contributed by atoms with E-state index in [0.29, 0.717) is 34.5 Å². The van der Waals surface area contributed by atoms with Gasteiger partial charge in [-0.15, -0.1) is 0 Å². The Hall–Kier alpha value is -3.87. The second-order valence-electron chi connectivity index (χ2n) is 6.90. The zero-order valence-corrected chi connectivity index (χ0v) is 16.0. The molecule has 0 saturated carbocycles. The lowest BCUT2D eigenvalue weighted by Crippen LogP contribution is -2.12. The summed E-state index contributed by atoms with van der Waals surface area (Å²) in [4.78, 5) is 19.7. The SMILES string of the molecule is CC(C)c1cccc(Nc2nc3cc(Oc4ccnc(C(N)=O)c4)ccc3o2)c1. The number of carbonyl (C=O) groups excluding carboxylic acids is 1. The molecule has 0 fully saturated rings. The van der Waals surface area contributed by atoms with Gasteiger partial charge in [0, 0.05) is 24.0 Å². The Balaban J connectivity index is 1.55. The maximum atomic E-state index is 11.3. The summed E-state index contributed by atoms with van der Waals surface area (Å²) in [5.74, 6) is 0.837. The minimum atomic E-state index is -0.611. The number of benzene rings is 2. The summed E-state index contributed by atoms with van der Waals surface area (Å²) < 4.78 is 11.6. The normalized spacial score (nSPS) is 11.0. The zero-order chi connectivity index (χ0) is 20.4. The van der Waals surface area contributed by atoms with Crippen LogP contribution in [0, 0.1) is 0 Å². The molecule has 2 aromatic heterocycles. The van der Waals surface area contributed by atoms with Crippen LogP contribution in [0.15, 0.2) is 65.2 Å². The number of rotatable bonds is 6. The van der Waals surface area contributed by atoms with Crippen LogP contribution in [0.2, 0.25) is 0 Å². The van der Waals surface area contributed by atoms with Crippen molar-refractivity contribution in [3.8, 4) is 11.5 Å². The molecule has 2 heterocycles. The van der Waals surface area contributed by atoms with Crippen LogP contribution in [0.1, 0.15) is 35.8 Å². The van der Waals surface area contributed by atoms with Gasteiger partial charge in [0.25, 0.3) is 11.9 Å². The molecule has 0 atom stereocenters. The van der Waals surface area contributed by atoms with Crippen molar-refractivity contribution in [2.75, 3.05) is 5.32 Å². The van der Waals surface area contributed by atoms with Crippen molar-refractivity contribution in [1.29, 1.82) is 0 Å². The van der Waals surface area contributed by atoms with Gasteiger partial charge in [0.2, 0.25) is 0 Å². The predicted molar refractivity (Wildman–Crippen MR) is 111 cm³/mol. The van der Waals surface area contributed by atoms with Crippen molar-refractivity contribution in [3.05, 3.63) is 72.1 Å². The number of nitrogens with one attached hydrogen (secondary N) is 1. The largest absolute Gasteiger partial charge is 0.457 e. The second-order valence-corrected chi connectivity index (χ2v) is 6.90. The van der Waals surface area contributed by atoms with Crippen molar-refractivity contribution in [2.45, 2.75) is 19.8 Å². The standard InChI is InChI=1S/C22H20N4O3/c1-13(2)14-4-3-5-15(10-14)25-22-26-18-11-16(6-7-20(18)29-22)28-17-8-9-24-19(12-17)21(23)27/h3-13H,1-2H3,(H2,23,27)(H,25,26). The van der Waals surface area contributed by atoms with Gasteiger partial charge in [0.1, 0.15) is 22.7 Å². The summed E-state index contributed by atoms with van der Waals surface area (Å²) in [7, 11) is 0.